The molecule has 2 amide bonds. The fraction of sp³-hybridized carbons (Fsp3) is 0.300. The number of hydrogen-bond donors (Lipinski definition) is 1. The first-order valence-electron chi connectivity index (χ1n) is 8.92. The van der Waals surface area contributed by atoms with E-state index in [-0.39, 0.29) is 30.5 Å². The van der Waals surface area contributed by atoms with Crippen LogP contribution in [0.25, 0.3) is 0 Å². The Morgan fingerprint density at radius 2 is 1.97 bits per heavy atom. The van der Waals surface area contributed by atoms with E-state index in [1.54, 1.807) is 25.1 Å². The molecule has 29 heavy (non-hydrogen) atoms. The van der Waals surface area contributed by atoms with Crippen LogP contribution in [0.2, 0.25) is 0 Å². The first-order valence-corrected chi connectivity index (χ1v) is 8.92. The lowest BCUT2D eigenvalue weighted by molar-refractivity contribution is -0.384. The van der Waals surface area contributed by atoms with Crippen molar-refractivity contribution in [2.45, 2.75) is 13.3 Å². The molecule has 1 fully saturated rings. The minimum absolute atomic E-state index is 0.0469. The van der Waals surface area contributed by atoms with Crippen LogP contribution >= 0.6 is 0 Å². The van der Waals surface area contributed by atoms with E-state index in [1.165, 1.54) is 37.3 Å². The van der Waals surface area contributed by atoms with Crippen LogP contribution in [-0.4, -0.2) is 37.5 Å². The van der Waals surface area contributed by atoms with Gasteiger partial charge in [-0.2, -0.15) is 0 Å². The number of aryl methyl sites for hydroxylation is 1. The zero-order valence-electron chi connectivity index (χ0n) is 16.3. The fourth-order valence-electron chi connectivity index (χ4n) is 3.26. The van der Waals surface area contributed by atoms with Gasteiger partial charge in [-0.1, -0.05) is 0 Å². The average molecular weight is 399 g/mol. The van der Waals surface area contributed by atoms with Crippen molar-refractivity contribution in [1.29, 1.82) is 0 Å². The van der Waals surface area contributed by atoms with E-state index in [2.05, 4.69) is 5.32 Å². The molecule has 1 N–H and O–H groups in total. The Bertz CT molecular complexity index is 975. The number of nitrogens with zero attached hydrogens (tertiary/aromatic N) is 2. The predicted molar refractivity (Wildman–Crippen MR) is 106 cm³/mol. The molecular weight excluding hydrogens is 378 g/mol. The molecule has 1 saturated heterocycles. The van der Waals surface area contributed by atoms with E-state index in [1.807, 2.05) is 0 Å². The summed E-state index contributed by atoms with van der Waals surface area (Å²) in [6, 6.07) is 9.33. The second kappa shape index (κ2) is 8.17. The third-order valence-corrected chi connectivity index (χ3v) is 4.85. The van der Waals surface area contributed by atoms with Crippen LogP contribution in [0, 0.1) is 23.0 Å². The number of methoxy groups -OCH3 is 2. The van der Waals surface area contributed by atoms with Crippen LogP contribution in [0.1, 0.15) is 12.0 Å². The van der Waals surface area contributed by atoms with Gasteiger partial charge < -0.3 is 19.7 Å². The van der Waals surface area contributed by atoms with Crippen molar-refractivity contribution in [3.05, 3.63) is 52.1 Å². The van der Waals surface area contributed by atoms with E-state index in [0.717, 1.165) is 0 Å². The lowest BCUT2D eigenvalue weighted by Crippen LogP contribution is -2.28. The van der Waals surface area contributed by atoms with Crippen molar-refractivity contribution >= 4 is 28.9 Å². The SMILES string of the molecule is COc1ccc(N2C[C@H](C(=O)Nc3ccc([N+](=O)[O-])cc3C)CC2=O)c(OC)c1. The molecule has 0 aliphatic carbocycles. The van der Waals surface area contributed by atoms with Crippen molar-refractivity contribution in [1.82, 2.24) is 0 Å². The number of benzene rings is 2. The number of nitrogens with one attached hydrogen (secondary N) is 1. The Labute approximate surface area is 167 Å². The number of nitro benzene ring substituents is 1. The van der Waals surface area contributed by atoms with Crippen molar-refractivity contribution < 1.29 is 24.0 Å². The maximum Gasteiger partial charge on any atom is 0.269 e. The van der Waals surface area contributed by atoms with Gasteiger partial charge in [0.05, 0.1) is 30.7 Å². The molecule has 2 aromatic rings. The van der Waals surface area contributed by atoms with Gasteiger partial charge in [0.15, 0.2) is 0 Å². The molecule has 1 heterocycles. The molecule has 1 aliphatic heterocycles. The number of anilines is 2. The Kier molecular flexibility index (Phi) is 5.67. The highest BCUT2D eigenvalue weighted by Gasteiger charge is 2.36. The predicted octanol–water partition coefficient (Wildman–Crippen LogP) is 2.91. The largest absolute Gasteiger partial charge is 0.497 e. The number of amides is 2. The van der Waals surface area contributed by atoms with Crippen molar-refractivity contribution in [2.24, 2.45) is 5.92 Å². The molecule has 0 bridgehead atoms. The molecule has 9 nitrogen and oxygen atoms in total. The van der Waals surface area contributed by atoms with Crippen LogP contribution in [-0.2, 0) is 9.59 Å². The third-order valence-electron chi connectivity index (χ3n) is 4.85. The van der Waals surface area contributed by atoms with Gasteiger partial charge in [-0.05, 0) is 30.7 Å². The van der Waals surface area contributed by atoms with Gasteiger partial charge in [-0.15, -0.1) is 0 Å². The second-order valence-electron chi connectivity index (χ2n) is 6.69. The molecule has 3 rings (SSSR count). The Hall–Kier alpha value is -3.62. The molecule has 2 aromatic carbocycles. The van der Waals surface area contributed by atoms with E-state index >= 15 is 0 Å². The number of ether oxygens (including phenoxy) is 2. The number of carbonyl (C=O) groups is 2. The van der Waals surface area contributed by atoms with Gasteiger partial charge in [-0.3, -0.25) is 19.7 Å². The molecule has 9 heteroatoms. The molecule has 0 spiro atoms. The molecule has 152 valence electrons. The highest BCUT2D eigenvalue weighted by Crippen LogP contribution is 2.36. The highest BCUT2D eigenvalue weighted by atomic mass is 16.6. The molecule has 0 unspecified atom stereocenters. The van der Waals surface area contributed by atoms with Crippen LogP contribution in [0.3, 0.4) is 0 Å². The number of rotatable bonds is 6. The van der Waals surface area contributed by atoms with E-state index in [4.69, 9.17) is 9.47 Å². The zero-order valence-corrected chi connectivity index (χ0v) is 16.3. The van der Waals surface area contributed by atoms with Crippen LogP contribution < -0.4 is 19.7 Å². The van der Waals surface area contributed by atoms with Crippen LogP contribution in [0.5, 0.6) is 11.5 Å². The minimum atomic E-state index is -0.552. The van der Waals surface area contributed by atoms with Crippen molar-refractivity contribution in [3.8, 4) is 11.5 Å². The second-order valence-corrected chi connectivity index (χ2v) is 6.69. The summed E-state index contributed by atoms with van der Waals surface area (Å²) in [5.74, 6) is 0.0216. The van der Waals surface area contributed by atoms with Crippen molar-refractivity contribution in [2.75, 3.05) is 31.0 Å². The van der Waals surface area contributed by atoms with E-state index in [9.17, 15) is 19.7 Å². The number of hydrogen-bond acceptors (Lipinski definition) is 6. The number of carbonyl (C=O) groups excluding carboxylic acids is 2. The molecule has 1 aliphatic rings. The summed E-state index contributed by atoms with van der Waals surface area (Å²) in [7, 11) is 3.04. The highest BCUT2D eigenvalue weighted by molar-refractivity contribution is 6.04. The molecule has 0 saturated carbocycles. The van der Waals surface area contributed by atoms with Gasteiger partial charge in [0.25, 0.3) is 5.69 Å². The minimum Gasteiger partial charge on any atom is -0.497 e. The first kappa shape index (κ1) is 20.1. The summed E-state index contributed by atoms with van der Waals surface area (Å²) < 4.78 is 10.5. The first-order chi connectivity index (χ1) is 13.8. The summed E-state index contributed by atoms with van der Waals surface area (Å²) in [5.41, 5.74) is 1.58. The Balaban J connectivity index is 1.75. The quantitative estimate of drug-likeness (QED) is 0.591. The normalized spacial score (nSPS) is 15.9. The zero-order chi connectivity index (χ0) is 21.1. The standard InChI is InChI=1S/C20H21N3O6/c1-12-8-14(23(26)27)4-6-16(12)21-20(25)13-9-19(24)22(11-13)17-7-5-15(28-2)10-18(17)29-3/h4-8,10,13H,9,11H2,1-3H3,(H,21,25)/t13-/m1/s1. The van der Waals surface area contributed by atoms with Crippen LogP contribution in [0.15, 0.2) is 36.4 Å². The monoisotopic (exact) mass is 399 g/mol. The van der Waals surface area contributed by atoms with Gasteiger partial charge in [-0.25, -0.2) is 0 Å². The van der Waals surface area contributed by atoms with E-state index in [0.29, 0.717) is 28.4 Å². The van der Waals surface area contributed by atoms with Crippen LogP contribution in [0.4, 0.5) is 17.1 Å². The maximum atomic E-state index is 12.7. The Morgan fingerprint density at radius 1 is 1.21 bits per heavy atom. The lowest BCUT2D eigenvalue weighted by Gasteiger charge is -2.20. The molecule has 0 aromatic heterocycles. The van der Waals surface area contributed by atoms with Gasteiger partial charge in [0.1, 0.15) is 11.5 Å². The third kappa shape index (κ3) is 4.13. The number of non-ortho nitro benzene ring substituents is 1. The van der Waals surface area contributed by atoms with Crippen molar-refractivity contribution in [3.63, 3.8) is 0 Å². The lowest BCUT2D eigenvalue weighted by atomic mass is 10.1. The molecular formula is C20H21N3O6. The summed E-state index contributed by atoms with van der Waals surface area (Å²) in [5, 5.41) is 13.6. The summed E-state index contributed by atoms with van der Waals surface area (Å²) >= 11 is 0. The summed E-state index contributed by atoms with van der Waals surface area (Å²) in [4.78, 5) is 37.1. The van der Waals surface area contributed by atoms with Gasteiger partial charge >= 0.3 is 0 Å². The topological polar surface area (TPSA) is 111 Å². The Morgan fingerprint density at radius 3 is 2.59 bits per heavy atom. The van der Waals surface area contributed by atoms with Gasteiger partial charge in [0, 0.05) is 36.9 Å². The molecule has 0 radical (unpaired) electrons. The summed E-state index contributed by atoms with van der Waals surface area (Å²) in [6.07, 6.45) is 0.0625. The van der Waals surface area contributed by atoms with E-state index < -0.39 is 10.8 Å². The average Bonchev–Trinajstić information content (AvgIpc) is 3.10. The summed E-state index contributed by atoms with van der Waals surface area (Å²) in [6.45, 7) is 1.89. The maximum absolute atomic E-state index is 12.7. The number of nitro groups is 1. The fourth-order valence-corrected chi connectivity index (χ4v) is 3.26. The smallest absolute Gasteiger partial charge is 0.269 e. The van der Waals surface area contributed by atoms with Gasteiger partial charge in [0.2, 0.25) is 11.8 Å². The molecule has 1 atom stereocenters.